The van der Waals surface area contributed by atoms with Gasteiger partial charge in [0.15, 0.2) is 0 Å². The van der Waals surface area contributed by atoms with Crippen LogP contribution in [0, 0.1) is 5.92 Å². The van der Waals surface area contributed by atoms with Crippen molar-refractivity contribution < 1.29 is 14.2 Å². The maximum Gasteiger partial charge on any atom is 0.325 e. The lowest BCUT2D eigenvalue weighted by atomic mass is 10.0. The number of ether oxygens (including phenoxy) is 3. The van der Waals surface area contributed by atoms with E-state index in [4.69, 9.17) is 14.2 Å². The second-order valence-electron chi connectivity index (χ2n) is 4.11. The van der Waals surface area contributed by atoms with Crippen LogP contribution < -0.4 is 19.5 Å². The summed E-state index contributed by atoms with van der Waals surface area (Å²) in [6, 6.07) is 0.626. The average molecular weight is 254 g/mol. The third-order valence-electron chi connectivity index (χ3n) is 2.79. The molecule has 0 aliphatic carbocycles. The van der Waals surface area contributed by atoms with Crippen molar-refractivity contribution in [3.8, 4) is 18.0 Å². The first-order chi connectivity index (χ1) is 8.81. The quantitative estimate of drug-likeness (QED) is 0.807. The molecule has 0 aromatic carbocycles. The first-order valence-corrected chi connectivity index (χ1v) is 5.99. The second-order valence-corrected chi connectivity index (χ2v) is 4.11. The van der Waals surface area contributed by atoms with Crippen LogP contribution >= 0.6 is 0 Å². The van der Waals surface area contributed by atoms with E-state index in [9.17, 15) is 0 Å². The third kappa shape index (κ3) is 3.43. The van der Waals surface area contributed by atoms with Crippen molar-refractivity contribution in [3.05, 3.63) is 0 Å². The van der Waals surface area contributed by atoms with Crippen LogP contribution in [0.1, 0.15) is 12.8 Å². The fourth-order valence-electron chi connectivity index (χ4n) is 1.83. The van der Waals surface area contributed by atoms with Crippen LogP contribution in [-0.4, -0.2) is 48.9 Å². The molecule has 100 valence electrons. The Hall–Kier alpha value is -1.63. The molecule has 1 saturated heterocycles. The van der Waals surface area contributed by atoms with Gasteiger partial charge in [0.2, 0.25) is 0 Å². The Morgan fingerprint density at radius 3 is 2.33 bits per heavy atom. The smallest absolute Gasteiger partial charge is 0.325 e. The van der Waals surface area contributed by atoms with Crippen molar-refractivity contribution in [2.24, 2.45) is 5.92 Å². The predicted molar refractivity (Wildman–Crippen MR) is 64.0 cm³/mol. The molecule has 2 heterocycles. The average Bonchev–Trinajstić information content (AvgIpc) is 2.45. The summed E-state index contributed by atoms with van der Waals surface area (Å²) < 4.78 is 15.5. The van der Waals surface area contributed by atoms with Gasteiger partial charge in [-0.15, -0.1) is 15.0 Å². The van der Waals surface area contributed by atoms with Gasteiger partial charge in [-0.25, -0.2) is 0 Å². The molecule has 1 fully saturated rings. The van der Waals surface area contributed by atoms with Crippen molar-refractivity contribution in [3.63, 3.8) is 0 Å². The standard InChI is InChI=1S/C11H18N4O3/c1-16-9-13-10(17-2)15-11(14-9)18-7-8-4-3-5-12-6-8/h8,12H,3-7H2,1-2H3. The SMILES string of the molecule is COc1nc(OC)nc(OCC2CCCNC2)n1. The number of rotatable bonds is 5. The highest BCUT2D eigenvalue weighted by molar-refractivity contribution is 5.08. The minimum atomic E-state index is 0.193. The van der Waals surface area contributed by atoms with Crippen LogP contribution in [0.15, 0.2) is 0 Å². The minimum Gasteiger partial charge on any atom is -0.467 e. The molecule has 18 heavy (non-hydrogen) atoms. The van der Waals surface area contributed by atoms with Crippen molar-refractivity contribution in [1.82, 2.24) is 20.3 Å². The highest BCUT2D eigenvalue weighted by atomic mass is 16.5. The van der Waals surface area contributed by atoms with E-state index in [-0.39, 0.29) is 18.0 Å². The van der Waals surface area contributed by atoms with Gasteiger partial charge in [0.1, 0.15) is 0 Å². The largest absolute Gasteiger partial charge is 0.467 e. The molecule has 0 spiro atoms. The molecular weight excluding hydrogens is 236 g/mol. The molecular formula is C11H18N4O3. The molecule has 1 aliphatic rings. The first-order valence-electron chi connectivity index (χ1n) is 5.99. The number of methoxy groups -OCH3 is 2. The highest BCUT2D eigenvalue weighted by Gasteiger charge is 2.15. The van der Waals surface area contributed by atoms with E-state index in [1.807, 2.05) is 0 Å². The van der Waals surface area contributed by atoms with Crippen LogP contribution in [0.2, 0.25) is 0 Å². The van der Waals surface area contributed by atoms with E-state index in [1.54, 1.807) is 0 Å². The number of hydrogen-bond donors (Lipinski definition) is 1. The highest BCUT2D eigenvalue weighted by Crippen LogP contribution is 2.16. The van der Waals surface area contributed by atoms with Crippen LogP contribution in [0.25, 0.3) is 0 Å². The topological polar surface area (TPSA) is 78.4 Å². The maximum atomic E-state index is 5.57. The lowest BCUT2D eigenvalue weighted by Gasteiger charge is -2.22. The van der Waals surface area contributed by atoms with E-state index >= 15 is 0 Å². The number of aromatic nitrogens is 3. The molecule has 1 aliphatic heterocycles. The van der Waals surface area contributed by atoms with Gasteiger partial charge in [-0.05, 0) is 19.4 Å². The normalized spacial score (nSPS) is 19.3. The third-order valence-corrected chi connectivity index (χ3v) is 2.79. The number of nitrogens with one attached hydrogen (secondary N) is 1. The molecule has 0 amide bonds. The van der Waals surface area contributed by atoms with Gasteiger partial charge in [-0.3, -0.25) is 0 Å². The molecule has 7 nitrogen and oxygen atoms in total. The summed E-state index contributed by atoms with van der Waals surface area (Å²) in [5.41, 5.74) is 0. The summed E-state index contributed by atoms with van der Waals surface area (Å²) in [5, 5.41) is 3.33. The molecule has 1 N–H and O–H groups in total. The molecule has 1 unspecified atom stereocenters. The Morgan fingerprint density at radius 2 is 1.78 bits per heavy atom. The van der Waals surface area contributed by atoms with E-state index in [0.29, 0.717) is 12.5 Å². The second kappa shape index (κ2) is 6.34. The van der Waals surface area contributed by atoms with Crippen molar-refractivity contribution in [2.45, 2.75) is 12.8 Å². The number of nitrogens with zero attached hydrogens (tertiary/aromatic N) is 3. The van der Waals surface area contributed by atoms with Crippen LogP contribution in [0.4, 0.5) is 0 Å². The summed E-state index contributed by atoms with van der Waals surface area (Å²) >= 11 is 0. The molecule has 0 radical (unpaired) electrons. The Bertz CT molecular complexity index is 360. The van der Waals surface area contributed by atoms with Crippen molar-refractivity contribution >= 4 is 0 Å². The van der Waals surface area contributed by atoms with E-state index in [2.05, 4.69) is 20.3 Å². The minimum absolute atomic E-state index is 0.193. The molecule has 1 atom stereocenters. The fraction of sp³-hybridized carbons (Fsp3) is 0.727. The van der Waals surface area contributed by atoms with Crippen molar-refractivity contribution in [1.29, 1.82) is 0 Å². The van der Waals surface area contributed by atoms with Gasteiger partial charge in [0.25, 0.3) is 0 Å². The zero-order valence-electron chi connectivity index (χ0n) is 10.7. The summed E-state index contributed by atoms with van der Waals surface area (Å²) in [5.74, 6) is 0.493. The van der Waals surface area contributed by atoms with Gasteiger partial charge in [-0.1, -0.05) is 0 Å². The Balaban J connectivity index is 1.94. The van der Waals surface area contributed by atoms with E-state index in [0.717, 1.165) is 19.5 Å². The van der Waals surface area contributed by atoms with E-state index in [1.165, 1.54) is 20.6 Å². The summed E-state index contributed by atoms with van der Waals surface area (Å²) in [6.45, 7) is 2.65. The Labute approximate surface area is 106 Å². The fourth-order valence-corrected chi connectivity index (χ4v) is 1.83. The predicted octanol–water partition coefficient (Wildman–Crippen LogP) is 0.267. The Kier molecular flexibility index (Phi) is 4.52. The maximum absolute atomic E-state index is 5.57. The van der Waals surface area contributed by atoms with Crippen LogP contribution in [0.3, 0.4) is 0 Å². The number of piperidine rings is 1. The lowest BCUT2D eigenvalue weighted by Crippen LogP contribution is -2.33. The molecule has 2 rings (SSSR count). The molecule has 7 heteroatoms. The van der Waals surface area contributed by atoms with Gasteiger partial charge < -0.3 is 19.5 Å². The van der Waals surface area contributed by atoms with Gasteiger partial charge in [0.05, 0.1) is 20.8 Å². The van der Waals surface area contributed by atoms with Gasteiger partial charge >= 0.3 is 18.0 Å². The Morgan fingerprint density at radius 1 is 1.11 bits per heavy atom. The molecule has 1 aromatic rings. The summed E-state index contributed by atoms with van der Waals surface area (Å²) in [6.07, 6.45) is 2.34. The number of hydrogen-bond acceptors (Lipinski definition) is 7. The van der Waals surface area contributed by atoms with Gasteiger partial charge in [-0.2, -0.15) is 0 Å². The first kappa shape index (κ1) is 12.8. The molecule has 1 aromatic heterocycles. The van der Waals surface area contributed by atoms with Crippen LogP contribution in [0.5, 0.6) is 18.0 Å². The lowest BCUT2D eigenvalue weighted by molar-refractivity contribution is 0.198. The van der Waals surface area contributed by atoms with Gasteiger partial charge in [0, 0.05) is 12.5 Å². The monoisotopic (exact) mass is 254 g/mol. The summed E-state index contributed by atoms with van der Waals surface area (Å²) in [4.78, 5) is 11.9. The van der Waals surface area contributed by atoms with Crippen LogP contribution in [-0.2, 0) is 0 Å². The summed E-state index contributed by atoms with van der Waals surface area (Å²) in [7, 11) is 2.98. The zero-order chi connectivity index (χ0) is 12.8. The van der Waals surface area contributed by atoms with Crippen molar-refractivity contribution in [2.75, 3.05) is 33.9 Å². The van der Waals surface area contributed by atoms with E-state index < -0.39 is 0 Å². The molecule has 0 bridgehead atoms. The molecule has 0 saturated carbocycles. The zero-order valence-corrected chi connectivity index (χ0v) is 10.7.